The predicted molar refractivity (Wildman–Crippen MR) is 187 cm³/mol. The minimum Gasteiger partial charge on any atom is -0.489 e. The summed E-state index contributed by atoms with van der Waals surface area (Å²) in [4.78, 5) is 20.6. The number of benzene rings is 4. The molecule has 1 amide bonds. The van der Waals surface area contributed by atoms with Gasteiger partial charge in [-0.1, -0.05) is 90.5 Å². The van der Waals surface area contributed by atoms with E-state index in [1.807, 2.05) is 71.6 Å². The van der Waals surface area contributed by atoms with Gasteiger partial charge in [-0.25, -0.2) is 4.68 Å². The van der Waals surface area contributed by atoms with E-state index in [0.717, 1.165) is 71.3 Å². The van der Waals surface area contributed by atoms with Crippen LogP contribution in [0.4, 0.5) is 0 Å². The molecule has 0 saturated carbocycles. The zero-order chi connectivity index (χ0) is 31.3. The second kappa shape index (κ2) is 13.6. The highest BCUT2D eigenvalue weighted by atomic mass is 32.2. The molecule has 0 atom stereocenters. The average Bonchev–Trinajstić information content (AvgIpc) is 3.69. The van der Waals surface area contributed by atoms with Gasteiger partial charge in [0.15, 0.2) is 5.17 Å². The Labute approximate surface area is 274 Å². The molecule has 0 radical (unpaired) electrons. The van der Waals surface area contributed by atoms with Gasteiger partial charge in [0.05, 0.1) is 10.6 Å². The Kier molecular flexibility index (Phi) is 8.83. The van der Waals surface area contributed by atoms with Crippen LogP contribution in [0.15, 0.2) is 125 Å². The van der Waals surface area contributed by atoms with Crippen LogP contribution in [0.5, 0.6) is 5.75 Å². The van der Waals surface area contributed by atoms with Gasteiger partial charge in [-0.15, -0.1) is 0 Å². The first-order valence-corrected chi connectivity index (χ1v) is 16.6. The average molecular weight is 625 g/mol. The summed E-state index contributed by atoms with van der Waals surface area (Å²) < 4.78 is 8.03. The molecule has 1 aromatic heterocycles. The van der Waals surface area contributed by atoms with Crippen LogP contribution in [0, 0.1) is 12.8 Å². The topological polar surface area (TPSA) is 59.7 Å². The fourth-order valence-electron chi connectivity index (χ4n) is 5.96. The summed E-state index contributed by atoms with van der Waals surface area (Å²) in [5.41, 5.74) is 7.23. The number of thioether (sulfide) groups is 1. The van der Waals surface area contributed by atoms with E-state index in [0.29, 0.717) is 17.4 Å². The molecule has 4 aromatic carbocycles. The second-order valence-electron chi connectivity index (χ2n) is 11.9. The molecule has 7 rings (SSSR count). The Hall–Kier alpha value is -4.88. The summed E-state index contributed by atoms with van der Waals surface area (Å²) in [6.45, 7) is 4.39. The molecule has 46 heavy (non-hydrogen) atoms. The second-order valence-corrected chi connectivity index (χ2v) is 13.0. The summed E-state index contributed by atoms with van der Waals surface area (Å²) in [6, 6.07) is 37.1. The normalized spacial score (nSPS) is 16.2. The molecule has 1 saturated heterocycles. The molecule has 6 nitrogen and oxygen atoms in total. The zero-order valence-corrected chi connectivity index (χ0v) is 26.7. The van der Waals surface area contributed by atoms with Crippen LogP contribution < -0.4 is 4.74 Å². The first-order valence-electron chi connectivity index (χ1n) is 15.8. The van der Waals surface area contributed by atoms with Gasteiger partial charge in [-0.2, -0.15) is 10.1 Å². The number of carbonyl (C=O) groups excluding carboxylic acids is 1. The summed E-state index contributed by atoms with van der Waals surface area (Å²) in [5, 5.41) is 5.79. The zero-order valence-electron chi connectivity index (χ0n) is 25.9. The smallest absolute Gasteiger partial charge is 0.286 e. The van der Waals surface area contributed by atoms with E-state index in [1.165, 1.54) is 22.9 Å². The number of amidine groups is 1. The highest BCUT2D eigenvalue weighted by molar-refractivity contribution is 8.18. The molecule has 2 aliphatic heterocycles. The van der Waals surface area contributed by atoms with E-state index in [9.17, 15) is 4.79 Å². The van der Waals surface area contributed by atoms with Crippen LogP contribution in [0.2, 0.25) is 0 Å². The molecule has 0 unspecified atom stereocenters. The largest absolute Gasteiger partial charge is 0.489 e. The summed E-state index contributed by atoms with van der Waals surface area (Å²) in [7, 11) is 0. The highest BCUT2D eigenvalue weighted by Crippen LogP contribution is 2.35. The van der Waals surface area contributed by atoms with E-state index < -0.39 is 0 Å². The number of carbonyl (C=O) groups is 1. The minimum absolute atomic E-state index is 0.194. The van der Waals surface area contributed by atoms with Crippen molar-refractivity contribution >= 4 is 28.9 Å². The van der Waals surface area contributed by atoms with Gasteiger partial charge >= 0.3 is 0 Å². The molecule has 1 fully saturated rings. The van der Waals surface area contributed by atoms with Crippen molar-refractivity contribution in [2.24, 2.45) is 10.9 Å². The Bertz CT molecular complexity index is 1870. The number of aromatic nitrogens is 2. The fourth-order valence-corrected chi connectivity index (χ4v) is 6.92. The number of amides is 1. The third-order valence-corrected chi connectivity index (χ3v) is 9.59. The van der Waals surface area contributed by atoms with Crippen molar-refractivity contribution in [2.75, 3.05) is 13.1 Å². The maximum Gasteiger partial charge on any atom is 0.286 e. The van der Waals surface area contributed by atoms with Crippen molar-refractivity contribution in [3.63, 3.8) is 0 Å². The Morgan fingerprint density at radius 3 is 2.37 bits per heavy atom. The number of hydrogen-bond acceptors (Lipinski definition) is 5. The van der Waals surface area contributed by atoms with Crippen molar-refractivity contribution in [1.82, 2.24) is 14.7 Å². The fraction of sp³-hybridized carbons (Fsp3) is 0.205. The molecule has 2 aliphatic rings. The minimum atomic E-state index is -0.194. The number of aryl methyl sites for hydroxylation is 1. The number of aliphatic imine (C=N–C) groups is 1. The number of piperidine rings is 1. The first kappa shape index (κ1) is 29.8. The molecule has 0 aliphatic carbocycles. The third kappa shape index (κ3) is 7.00. The maximum atomic E-state index is 13.2. The lowest BCUT2D eigenvalue weighted by Gasteiger charge is -2.32. The van der Waals surface area contributed by atoms with Crippen molar-refractivity contribution in [2.45, 2.75) is 32.8 Å². The van der Waals surface area contributed by atoms with Gasteiger partial charge in [-0.05, 0) is 85.3 Å². The molecule has 230 valence electrons. The quantitative estimate of drug-likeness (QED) is 0.162. The third-order valence-electron chi connectivity index (χ3n) is 8.54. The summed E-state index contributed by atoms with van der Waals surface area (Å²) in [6.07, 6.45) is 7.21. The van der Waals surface area contributed by atoms with E-state index in [-0.39, 0.29) is 5.91 Å². The SMILES string of the molecule is Cc1ccc(COc2cccc(-c3nn(-c4ccccc4)cc3C=C3SC(N4CCC(Cc5ccccc5)CC4)=NC3=O)c2)cc1. The van der Waals surface area contributed by atoms with E-state index in [2.05, 4.69) is 71.4 Å². The van der Waals surface area contributed by atoms with E-state index in [1.54, 1.807) is 0 Å². The van der Waals surface area contributed by atoms with Crippen LogP contribution >= 0.6 is 11.8 Å². The number of nitrogens with zero attached hydrogens (tertiary/aromatic N) is 4. The van der Waals surface area contributed by atoms with Crippen LogP contribution in [-0.4, -0.2) is 38.8 Å². The van der Waals surface area contributed by atoms with Gasteiger partial charge in [0, 0.05) is 30.4 Å². The maximum absolute atomic E-state index is 13.2. The van der Waals surface area contributed by atoms with Gasteiger partial charge in [0.1, 0.15) is 18.1 Å². The number of hydrogen-bond donors (Lipinski definition) is 0. The van der Waals surface area contributed by atoms with E-state index >= 15 is 0 Å². The predicted octanol–water partition coefficient (Wildman–Crippen LogP) is 8.35. The van der Waals surface area contributed by atoms with Gasteiger partial charge in [0.2, 0.25) is 0 Å². The summed E-state index contributed by atoms with van der Waals surface area (Å²) >= 11 is 1.47. The Morgan fingerprint density at radius 1 is 0.870 bits per heavy atom. The lowest BCUT2D eigenvalue weighted by molar-refractivity contribution is -0.113. The molecule has 0 spiro atoms. The van der Waals surface area contributed by atoms with Crippen LogP contribution in [0.25, 0.3) is 23.0 Å². The van der Waals surface area contributed by atoms with Gasteiger partial charge < -0.3 is 9.64 Å². The van der Waals surface area contributed by atoms with Crippen molar-refractivity contribution in [3.05, 3.63) is 143 Å². The number of para-hydroxylation sites is 1. The molecular weight excluding hydrogens is 589 g/mol. The molecule has 3 heterocycles. The molecule has 0 N–H and O–H groups in total. The summed E-state index contributed by atoms with van der Waals surface area (Å²) in [5.74, 6) is 1.22. The van der Waals surface area contributed by atoms with Crippen LogP contribution in [0.1, 0.15) is 35.1 Å². The number of likely N-dealkylation sites (tertiary alicyclic amines) is 1. The van der Waals surface area contributed by atoms with Gasteiger partial charge in [0.25, 0.3) is 5.91 Å². The van der Waals surface area contributed by atoms with Crippen LogP contribution in [0.3, 0.4) is 0 Å². The standard InChI is InChI=1S/C39H36N4O2S/c1-28-15-17-31(18-16-28)27-45-35-14-8-11-32(24-35)37-33(26-43(41-37)34-12-6-3-7-13-34)25-36-38(44)40-39(46-36)42-21-19-30(20-22-42)23-29-9-4-2-5-10-29/h2-18,24-26,30H,19-23,27H2,1H3. The Morgan fingerprint density at radius 2 is 1.61 bits per heavy atom. The first-order chi connectivity index (χ1) is 22.6. The molecular formula is C39H36N4O2S. The highest BCUT2D eigenvalue weighted by Gasteiger charge is 2.29. The van der Waals surface area contributed by atoms with Crippen molar-refractivity contribution < 1.29 is 9.53 Å². The molecule has 0 bridgehead atoms. The molecule has 7 heteroatoms. The van der Waals surface area contributed by atoms with Crippen molar-refractivity contribution in [1.29, 1.82) is 0 Å². The number of ether oxygens (including phenoxy) is 1. The van der Waals surface area contributed by atoms with Gasteiger partial charge in [-0.3, -0.25) is 4.79 Å². The number of rotatable bonds is 8. The monoisotopic (exact) mass is 624 g/mol. The molecule has 5 aromatic rings. The Balaban J connectivity index is 1.10. The lowest BCUT2D eigenvalue weighted by atomic mass is 9.90. The van der Waals surface area contributed by atoms with Crippen molar-refractivity contribution in [3.8, 4) is 22.7 Å². The van der Waals surface area contributed by atoms with E-state index in [4.69, 9.17) is 9.84 Å². The van der Waals surface area contributed by atoms with Crippen LogP contribution in [-0.2, 0) is 17.8 Å². The lowest BCUT2D eigenvalue weighted by Crippen LogP contribution is -2.37.